The number of carbonyl (C=O) groups is 2. The Morgan fingerprint density at radius 1 is 1.50 bits per heavy atom. The minimum absolute atomic E-state index is 0.0346. The molecule has 1 aliphatic rings. The van der Waals surface area contributed by atoms with Gasteiger partial charge in [0.15, 0.2) is 6.04 Å². The number of rotatable bonds is 4. The number of ether oxygens (including phenoxy) is 1. The summed E-state index contributed by atoms with van der Waals surface area (Å²) in [5, 5.41) is 14.4. The van der Waals surface area contributed by atoms with Crippen LogP contribution in [-0.4, -0.2) is 67.9 Å². The summed E-state index contributed by atoms with van der Waals surface area (Å²) < 4.78 is 4.73. The lowest BCUT2D eigenvalue weighted by atomic mass is 10.3. The SMILES string of the molecule is COCC(NC(=O)N1CCNCC1)C(=O)O. The molecule has 0 aromatic carbocycles. The van der Waals surface area contributed by atoms with Crippen LogP contribution in [0.1, 0.15) is 0 Å². The second-order valence-electron chi connectivity index (χ2n) is 3.53. The lowest BCUT2D eigenvalue weighted by Crippen LogP contribution is -2.54. The van der Waals surface area contributed by atoms with Crippen molar-refractivity contribution in [3.63, 3.8) is 0 Å². The zero-order valence-electron chi connectivity index (χ0n) is 9.23. The number of carbonyl (C=O) groups excluding carboxylic acids is 1. The fourth-order valence-corrected chi connectivity index (χ4v) is 1.45. The second-order valence-corrected chi connectivity index (χ2v) is 3.53. The second kappa shape index (κ2) is 6.29. The highest BCUT2D eigenvalue weighted by Gasteiger charge is 2.23. The molecule has 0 aliphatic carbocycles. The van der Waals surface area contributed by atoms with Crippen LogP contribution in [0.5, 0.6) is 0 Å². The highest BCUT2D eigenvalue weighted by Crippen LogP contribution is 1.95. The lowest BCUT2D eigenvalue weighted by Gasteiger charge is -2.28. The van der Waals surface area contributed by atoms with Gasteiger partial charge in [-0.1, -0.05) is 0 Å². The Balaban J connectivity index is 2.43. The number of urea groups is 1. The first-order valence-electron chi connectivity index (χ1n) is 5.13. The molecule has 1 fully saturated rings. The molecule has 0 spiro atoms. The molecule has 1 heterocycles. The predicted octanol–water partition coefficient (Wildman–Crippen LogP) is -1.30. The molecule has 1 aliphatic heterocycles. The monoisotopic (exact) mass is 231 g/mol. The molecule has 92 valence electrons. The summed E-state index contributed by atoms with van der Waals surface area (Å²) in [4.78, 5) is 24.0. The van der Waals surface area contributed by atoms with E-state index in [1.165, 1.54) is 7.11 Å². The summed E-state index contributed by atoms with van der Waals surface area (Å²) >= 11 is 0. The van der Waals surface area contributed by atoms with Gasteiger partial charge < -0.3 is 25.4 Å². The van der Waals surface area contributed by atoms with E-state index in [1.807, 2.05) is 0 Å². The molecule has 0 aromatic heterocycles. The smallest absolute Gasteiger partial charge is 0.328 e. The Morgan fingerprint density at radius 2 is 2.12 bits per heavy atom. The molecule has 0 aromatic rings. The molecule has 0 radical (unpaired) electrons. The van der Waals surface area contributed by atoms with E-state index in [2.05, 4.69) is 10.6 Å². The van der Waals surface area contributed by atoms with E-state index in [0.29, 0.717) is 13.1 Å². The van der Waals surface area contributed by atoms with Crippen molar-refractivity contribution in [2.24, 2.45) is 0 Å². The maximum absolute atomic E-state index is 11.7. The first kappa shape index (κ1) is 12.7. The molecule has 0 saturated carbocycles. The zero-order valence-corrected chi connectivity index (χ0v) is 9.23. The third kappa shape index (κ3) is 3.67. The first-order valence-corrected chi connectivity index (χ1v) is 5.13. The number of piperazine rings is 1. The summed E-state index contributed by atoms with van der Waals surface area (Å²) in [5.74, 6) is -1.09. The molecular weight excluding hydrogens is 214 g/mol. The molecular formula is C9H17N3O4. The number of nitrogens with zero attached hydrogens (tertiary/aromatic N) is 1. The van der Waals surface area contributed by atoms with Gasteiger partial charge in [0.05, 0.1) is 6.61 Å². The number of nitrogens with one attached hydrogen (secondary N) is 2. The highest BCUT2D eigenvalue weighted by molar-refractivity contribution is 5.82. The molecule has 7 nitrogen and oxygen atoms in total. The maximum atomic E-state index is 11.7. The number of carboxylic acids is 1. The Labute approximate surface area is 93.7 Å². The van der Waals surface area contributed by atoms with E-state index in [1.54, 1.807) is 4.90 Å². The van der Waals surface area contributed by atoms with Crippen LogP contribution in [0, 0.1) is 0 Å². The molecule has 1 saturated heterocycles. The number of methoxy groups -OCH3 is 1. The van der Waals surface area contributed by atoms with E-state index in [-0.39, 0.29) is 12.6 Å². The summed E-state index contributed by atoms with van der Waals surface area (Å²) in [7, 11) is 1.40. The number of hydrogen-bond acceptors (Lipinski definition) is 4. The summed E-state index contributed by atoms with van der Waals surface area (Å²) in [6.45, 7) is 2.61. The van der Waals surface area contributed by atoms with Gasteiger partial charge >= 0.3 is 12.0 Å². The summed E-state index contributed by atoms with van der Waals surface area (Å²) in [6.07, 6.45) is 0. The summed E-state index contributed by atoms with van der Waals surface area (Å²) in [6, 6.07) is -1.35. The molecule has 3 N–H and O–H groups in total. The van der Waals surface area contributed by atoms with Gasteiger partial charge in [-0.25, -0.2) is 9.59 Å². The maximum Gasteiger partial charge on any atom is 0.328 e. The van der Waals surface area contributed by atoms with Gasteiger partial charge in [0.1, 0.15) is 0 Å². The number of hydrogen-bond donors (Lipinski definition) is 3. The van der Waals surface area contributed by atoms with E-state index >= 15 is 0 Å². The van der Waals surface area contributed by atoms with E-state index in [4.69, 9.17) is 9.84 Å². The van der Waals surface area contributed by atoms with Gasteiger partial charge in [-0.3, -0.25) is 0 Å². The van der Waals surface area contributed by atoms with Crippen molar-refractivity contribution in [3.05, 3.63) is 0 Å². The summed E-state index contributed by atoms with van der Waals surface area (Å²) in [5.41, 5.74) is 0. The zero-order chi connectivity index (χ0) is 12.0. The van der Waals surface area contributed by atoms with Crippen LogP contribution in [0.15, 0.2) is 0 Å². The van der Waals surface area contributed by atoms with Crippen molar-refractivity contribution in [1.82, 2.24) is 15.5 Å². The molecule has 16 heavy (non-hydrogen) atoms. The predicted molar refractivity (Wildman–Crippen MR) is 56.3 cm³/mol. The van der Waals surface area contributed by atoms with Gasteiger partial charge in [0.25, 0.3) is 0 Å². The fourth-order valence-electron chi connectivity index (χ4n) is 1.45. The third-order valence-corrected chi connectivity index (χ3v) is 2.33. The lowest BCUT2D eigenvalue weighted by molar-refractivity contribution is -0.140. The molecule has 1 rings (SSSR count). The Hall–Kier alpha value is -1.34. The number of amides is 2. The Kier molecular flexibility index (Phi) is 5.00. The van der Waals surface area contributed by atoms with Crippen LogP contribution < -0.4 is 10.6 Å². The molecule has 1 atom stereocenters. The van der Waals surface area contributed by atoms with Crippen molar-refractivity contribution in [2.75, 3.05) is 39.9 Å². The Bertz CT molecular complexity index is 253. The fraction of sp³-hybridized carbons (Fsp3) is 0.778. The molecule has 2 amide bonds. The largest absolute Gasteiger partial charge is 0.480 e. The van der Waals surface area contributed by atoms with Crippen molar-refractivity contribution < 1.29 is 19.4 Å². The van der Waals surface area contributed by atoms with Crippen LogP contribution in [0.2, 0.25) is 0 Å². The van der Waals surface area contributed by atoms with Crippen LogP contribution in [0.3, 0.4) is 0 Å². The quantitative estimate of drug-likeness (QED) is 0.559. The van der Waals surface area contributed by atoms with Gasteiger partial charge in [-0.05, 0) is 0 Å². The van der Waals surface area contributed by atoms with E-state index in [9.17, 15) is 9.59 Å². The topological polar surface area (TPSA) is 90.9 Å². The average Bonchev–Trinajstić information content (AvgIpc) is 2.29. The minimum atomic E-state index is -1.09. The normalized spacial score (nSPS) is 17.9. The minimum Gasteiger partial charge on any atom is -0.480 e. The van der Waals surface area contributed by atoms with Crippen LogP contribution in [-0.2, 0) is 9.53 Å². The number of carboxylic acid groups (broad SMARTS) is 1. The van der Waals surface area contributed by atoms with Crippen LogP contribution >= 0.6 is 0 Å². The highest BCUT2D eigenvalue weighted by atomic mass is 16.5. The first-order chi connectivity index (χ1) is 7.65. The van der Waals surface area contributed by atoms with Crippen LogP contribution in [0.25, 0.3) is 0 Å². The van der Waals surface area contributed by atoms with Crippen molar-refractivity contribution in [3.8, 4) is 0 Å². The molecule has 1 unspecified atom stereocenters. The van der Waals surface area contributed by atoms with Gasteiger partial charge in [0, 0.05) is 33.3 Å². The third-order valence-electron chi connectivity index (χ3n) is 2.33. The number of aliphatic carboxylic acids is 1. The van der Waals surface area contributed by atoms with Crippen molar-refractivity contribution in [1.29, 1.82) is 0 Å². The standard InChI is InChI=1S/C9H17N3O4/c1-16-6-7(8(13)14)11-9(15)12-4-2-10-3-5-12/h7,10H,2-6H2,1H3,(H,11,15)(H,13,14). The molecule has 0 bridgehead atoms. The van der Waals surface area contributed by atoms with Crippen molar-refractivity contribution >= 4 is 12.0 Å². The van der Waals surface area contributed by atoms with Crippen molar-refractivity contribution in [2.45, 2.75) is 6.04 Å². The average molecular weight is 231 g/mol. The van der Waals surface area contributed by atoms with Gasteiger partial charge in [-0.15, -0.1) is 0 Å². The van der Waals surface area contributed by atoms with Gasteiger partial charge in [0.2, 0.25) is 0 Å². The van der Waals surface area contributed by atoms with Gasteiger partial charge in [-0.2, -0.15) is 0 Å². The molecule has 7 heteroatoms. The van der Waals surface area contributed by atoms with E-state index < -0.39 is 12.0 Å². The van der Waals surface area contributed by atoms with E-state index in [0.717, 1.165) is 13.1 Å². The Morgan fingerprint density at radius 3 is 2.62 bits per heavy atom. The van der Waals surface area contributed by atoms with Crippen LogP contribution in [0.4, 0.5) is 4.79 Å².